The smallest absolute Gasteiger partial charge is 0.210 e. The number of anilines is 1. The zero-order valence-electron chi connectivity index (χ0n) is 10.7. The lowest BCUT2D eigenvalue weighted by molar-refractivity contribution is 0.0344. The average molecular weight is 252 g/mol. The van der Waals surface area contributed by atoms with Crippen molar-refractivity contribution in [1.29, 1.82) is 0 Å². The fraction of sp³-hybridized carbons (Fsp3) is 0.417. The Labute approximate surface area is 107 Å². The molecule has 0 aromatic heterocycles. The highest BCUT2D eigenvalue weighted by Gasteiger charge is 2.06. The quantitative estimate of drug-likeness (QED) is 0.299. The number of aliphatic imine (C=N–C) groups is 1. The van der Waals surface area contributed by atoms with Crippen LogP contribution in [0.3, 0.4) is 0 Å². The molecule has 6 nitrogen and oxygen atoms in total. The first-order chi connectivity index (χ1) is 8.80. The molecule has 100 valence electrons. The number of para-hydroxylation sites is 1. The highest BCUT2D eigenvalue weighted by molar-refractivity contribution is 5.93. The molecule has 1 rings (SSSR count). The molecular formula is C12H20N4O2. The molecule has 0 aliphatic carbocycles. The summed E-state index contributed by atoms with van der Waals surface area (Å²) in [6.45, 7) is 0.951. The van der Waals surface area contributed by atoms with E-state index in [2.05, 4.69) is 15.7 Å². The van der Waals surface area contributed by atoms with Crippen LogP contribution in [0.15, 0.2) is 35.3 Å². The molecule has 0 saturated heterocycles. The van der Waals surface area contributed by atoms with Gasteiger partial charge in [-0.2, -0.15) is 0 Å². The minimum absolute atomic E-state index is 0.0871. The van der Waals surface area contributed by atoms with Gasteiger partial charge in [0.1, 0.15) is 6.10 Å². The van der Waals surface area contributed by atoms with Gasteiger partial charge in [-0.15, -0.1) is 0 Å². The van der Waals surface area contributed by atoms with E-state index in [1.807, 2.05) is 30.3 Å². The first-order valence-corrected chi connectivity index (χ1v) is 5.65. The topological polar surface area (TPSA) is 80.9 Å². The Morgan fingerprint density at radius 2 is 2.06 bits per heavy atom. The molecule has 18 heavy (non-hydrogen) atoms. The first-order valence-electron chi connectivity index (χ1n) is 5.65. The molecule has 0 saturated carbocycles. The van der Waals surface area contributed by atoms with Crippen LogP contribution in [0, 0.1) is 0 Å². The molecule has 4 N–H and O–H groups in total. The molecule has 0 aliphatic rings. The minimum atomic E-state index is -0.0871. The van der Waals surface area contributed by atoms with Crippen molar-refractivity contribution in [3.63, 3.8) is 0 Å². The van der Waals surface area contributed by atoms with Gasteiger partial charge in [0, 0.05) is 19.9 Å². The number of guanidine groups is 1. The van der Waals surface area contributed by atoms with Crippen molar-refractivity contribution >= 4 is 11.6 Å². The number of hydrogen-bond acceptors (Lipinski definition) is 4. The fourth-order valence-corrected chi connectivity index (χ4v) is 1.35. The Kier molecular flexibility index (Phi) is 6.78. The van der Waals surface area contributed by atoms with E-state index < -0.39 is 0 Å². The second-order valence-corrected chi connectivity index (χ2v) is 3.64. The summed E-state index contributed by atoms with van der Waals surface area (Å²) in [4.78, 5) is 4.29. The molecule has 0 spiro atoms. The van der Waals surface area contributed by atoms with Crippen LogP contribution in [0.25, 0.3) is 0 Å². The van der Waals surface area contributed by atoms with Crippen molar-refractivity contribution in [2.75, 3.05) is 32.7 Å². The number of methoxy groups -OCH3 is 2. The summed E-state index contributed by atoms with van der Waals surface area (Å²) in [7, 11) is 3.25. The highest BCUT2D eigenvalue weighted by Crippen LogP contribution is 2.04. The second-order valence-electron chi connectivity index (χ2n) is 3.64. The third-order valence-corrected chi connectivity index (χ3v) is 2.31. The van der Waals surface area contributed by atoms with Crippen LogP contribution < -0.4 is 16.6 Å². The van der Waals surface area contributed by atoms with Crippen LogP contribution in [-0.2, 0) is 9.47 Å². The maximum Gasteiger partial charge on any atom is 0.210 e. The summed E-state index contributed by atoms with van der Waals surface area (Å²) < 4.78 is 10.2. The Hall–Kier alpha value is -1.63. The van der Waals surface area contributed by atoms with Gasteiger partial charge in [-0.05, 0) is 12.1 Å². The molecule has 1 aromatic rings. The Morgan fingerprint density at radius 1 is 1.33 bits per heavy atom. The Morgan fingerprint density at radius 3 is 2.61 bits per heavy atom. The molecule has 0 radical (unpaired) electrons. The molecule has 0 fully saturated rings. The van der Waals surface area contributed by atoms with E-state index in [0.717, 1.165) is 5.69 Å². The lowest BCUT2D eigenvalue weighted by Gasteiger charge is -2.13. The number of ether oxygens (including phenoxy) is 2. The van der Waals surface area contributed by atoms with Gasteiger partial charge >= 0.3 is 0 Å². The van der Waals surface area contributed by atoms with Crippen LogP contribution in [0.4, 0.5) is 5.69 Å². The lowest BCUT2D eigenvalue weighted by atomic mass is 10.3. The SMILES string of the molecule is COCC(CN=C(NN)Nc1ccccc1)OC. The fourth-order valence-electron chi connectivity index (χ4n) is 1.35. The second kappa shape index (κ2) is 8.46. The highest BCUT2D eigenvalue weighted by atomic mass is 16.5. The number of hydrazine groups is 1. The van der Waals surface area contributed by atoms with Gasteiger partial charge in [-0.3, -0.25) is 5.43 Å². The summed E-state index contributed by atoms with van der Waals surface area (Å²) in [5.74, 6) is 5.89. The molecule has 0 aliphatic heterocycles. The molecule has 0 bridgehead atoms. The zero-order valence-corrected chi connectivity index (χ0v) is 10.7. The van der Waals surface area contributed by atoms with Crippen LogP contribution in [0.2, 0.25) is 0 Å². The normalized spacial score (nSPS) is 13.2. The molecule has 1 atom stereocenters. The van der Waals surface area contributed by atoms with Gasteiger partial charge in [0.15, 0.2) is 0 Å². The maximum atomic E-state index is 5.41. The predicted octanol–water partition coefficient (Wildman–Crippen LogP) is 0.579. The number of rotatable bonds is 6. The van der Waals surface area contributed by atoms with Crippen LogP contribution >= 0.6 is 0 Å². The van der Waals surface area contributed by atoms with Gasteiger partial charge in [0.05, 0.1) is 13.2 Å². The third kappa shape index (κ3) is 5.13. The average Bonchev–Trinajstić information content (AvgIpc) is 2.43. The largest absolute Gasteiger partial charge is 0.382 e. The minimum Gasteiger partial charge on any atom is -0.382 e. The zero-order chi connectivity index (χ0) is 13.2. The lowest BCUT2D eigenvalue weighted by Crippen LogP contribution is -2.37. The monoisotopic (exact) mass is 252 g/mol. The molecular weight excluding hydrogens is 232 g/mol. The Balaban J connectivity index is 2.54. The van der Waals surface area contributed by atoms with Crippen molar-refractivity contribution in [1.82, 2.24) is 5.43 Å². The van der Waals surface area contributed by atoms with Crippen molar-refractivity contribution < 1.29 is 9.47 Å². The van der Waals surface area contributed by atoms with Crippen molar-refractivity contribution in [2.45, 2.75) is 6.10 Å². The number of nitrogens with two attached hydrogens (primary N) is 1. The standard InChI is InChI=1S/C12H20N4O2/c1-17-9-11(18-2)8-14-12(16-13)15-10-6-4-3-5-7-10/h3-7,11H,8-9,13H2,1-2H3,(H2,14,15,16). The first kappa shape index (κ1) is 14.4. The molecule has 1 aromatic carbocycles. The number of nitrogens with zero attached hydrogens (tertiary/aromatic N) is 1. The van der Waals surface area contributed by atoms with Gasteiger partial charge in [-0.25, -0.2) is 10.8 Å². The van der Waals surface area contributed by atoms with E-state index in [1.54, 1.807) is 14.2 Å². The van der Waals surface area contributed by atoms with E-state index in [4.69, 9.17) is 15.3 Å². The number of nitrogens with one attached hydrogen (secondary N) is 2. The predicted molar refractivity (Wildman–Crippen MR) is 72.4 cm³/mol. The van der Waals surface area contributed by atoms with Crippen LogP contribution in [-0.4, -0.2) is 39.4 Å². The number of hydrogen-bond donors (Lipinski definition) is 3. The summed E-state index contributed by atoms with van der Waals surface area (Å²) in [6, 6.07) is 9.65. The van der Waals surface area contributed by atoms with E-state index in [1.165, 1.54) is 0 Å². The van der Waals surface area contributed by atoms with Crippen LogP contribution in [0.1, 0.15) is 0 Å². The Bertz CT molecular complexity index is 356. The third-order valence-electron chi connectivity index (χ3n) is 2.31. The van der Waals surface area contributed by atoms with Gasteiger partial charge in [0.2, 0.25) is 5.96 Å². The maximum absolute atomic E-state index is 5.41. The molecule has 1 unspecified atom stereocenters. The summed E-state index contributed by atoms with van der Waals surface area (Å²) in [6.07, 6.45) is -0.0871. The summed E-state index contributed by atoms with van der Waals surface area (Å²) >= 11 is 0. The number of benzene rings is 1. The van der Waals surface area contributed by atoms with Crippen molar-refractivity contribution in [2.24, 2.45) is 10.8 Å². The summed E-state index contributed by atoms with van der Waals surface area (Å²) in [5, 5.41) is 3.07. The van der Waals surface area contributed by atoms with Gasteiger partial charge in [0.25, 0.3) is 0 Å². The molecule has 0 heterocycles. The van der Waals surface area contributed by atoms with E-state index in [0.29, 0.717) is 19.1 Å². The van der Waals surface area contributed by atoms with Gasteiger partial charge < -0.3 is 14.8 Å². The summed E-state index contributed by atoms with van der Waals surface area (Å²) in [5.41, 5.74) is 3.43. The van der Waals surface area contributed by atoms with Gasteiger partial charge in [-0.1, -0.05) is 18.2 Å². The van der Waals surface area contributed by atoms with Crippen molar-refractivity contribution in [3.05, 3.63) is 30.3 Å². The molecule has 0 amide bonds. The van der Waals surface area contributed by atoms with Crippen molar-refractivity contribution in [3.8, 4) is 0 Å². The molecule has 6 heteroatoms. The van der Waals surface area contributed by atoms with E-state index >= 15 is 0 Å². The van der Waals surface area contributed by atoms with Crippen LogP contribution in [0.5, 0.6) is 0 Å². The van der Waals surface area contributed by atoms with E-state index in [9.17, 15) is 0 Å². The van der Waals surface area contributed by atoms with E-state index in [-0.39, 0.29) is 6.10 Å².